The van der Waals surface area contributed by atoms with Crippen molar-refractivity contribution in [2.75, 3.05) is 0 Å². The van der Waals surface area contributed by atoms with Gasteiger partial charge in [-0.05, 0) is 18.4 Å². The Bertz CT molecular complexity index is 166. The van der Waals surface area contributed by atoms with E-state index in [2.05, 4.69) is 20.4 Å². The van der Waals surface area contributed by atoms with Crippen LogP contribution in [-0.4, -0.2) is 0 Å². The summed E-state index contributed by atoms with van der Waals surface area (Å²) in [6.07, 6.45) is 8.53. The molecule has 0 aromatic rings. The minimum Gasteiger partial charge on any atom is -0.402 e. The van der Waals surface area contributed by atoms with E-state index in [1.807, 2.05) is 18.2 Å². The molecule has 0 saturated heterocycles. The lowest BCUT2D eigenvalue weighted by molar-refractivity contribution is 0.648. The highest BCUT2D eigenvalue weighted by Gasteiger charge is 1.98. The largest absolute Gasteiger partial charge is 0.402 e. The molecule has 0 aromatic carbocycles. The Morgan fingerprint density at radius 2 is 2.18 bits per heavy atom. The molecule has 1 nitrogen and oxygen atoms in total. The fourth-order valence-corrected chi connectivity index (χ4v) is 0.645. The van der Waals surface area contributed by atoms with E-state index in [9.17, 15) is 0 Å². The van der Waals surface area contributed by atoms with Gasteiger partial charge in [0.15, 0.2) is 0 Å². The second-order valence-corrected chi connectivity index (χ2v) is 2.60. The summed E-state index contributed by atoms with van der Waals surface area (Å²) in [5.74, 6) is 0.476. The van der Waals surface area contributed by atoms with Gasteiger partial charge in [-0.15, -0.1) is 0 Å². The average Bonchev–Trinajstić information content (AvgIpc) is 2.03. The Morgan fingerprint density at radius 3 is 2.64 bits per heavy atom. The lowest BCUT2D eigenvalue weighted by atomic mass is 10.1. The van der Waals surface area contributed by atoms with Gasteiger partial charge in [-0.2, -0.15) is 0 Å². The van der Waals surface area contributed by atoms with Crippen LogP contribution in [0.15, 0.2) is 36.6 Å². The summed E-state index contributed by atoms with van der Waals surface area (Å²) < 4.78 is 0. The Balaban J connectivity index is 3.98. The van der Waals surface area contributed by atoms with Crippen LogP contribution < -0.4 is 5.73 Å². The van der Waals surface area contributed by atoms with Crippen molar-refractivity contribution in [3.8, 4) is 0 Å². The van der Waals surface area contributed by atoms with Crippen molar-refractivity contribution in [2.24, 2.45) is 11.7 Å². The van der Waals surface area contributed by atoms with Crippen LogP contribution >= 0.6 is 0 Å². The summed E-state index contributed by atoms with van der Waals surface area (Å²) in [4.78, 5) is 0. The number of hydrogen-bond acceptors (Lipinski definition) is 1. The van der Waals surface area contributed by atoms with Crippen molar-refractivity contribution in [1.29, 1.82) is 0 Å². The van der Waals surface area contributed by atoms with Gasteiger partial charge in [0.25, 0.3) is 0 Å². The number of allylic oxidation sites excluding steroid dienone is 5. The quantitative estimate of drug-likeness (QED) is 0.614. The fourth-order valence-electron chi connectivity index (χ4n) is 0.645. The maximum Gasteiger partial charge on any atom is 0.0109 e. The minimum absolute atomic E-state index is 0.476. The monoisotopic (exact) mass is 151 g/mol. The van der Waals surface area contributed by atoms with Gasteiger partial charge in [0.1, 0.15) is 0 Å². The van der Waals surface area contributed by atoms with Gasteiger partial charge in [-0.3, -0.25) is 0 Å². The highest BCUT2D eigenvalue weighted by Crippen LogP contribution is 2.07. The van der Waals surface area contributed by atoms with E-state index in [4.69, 9.17) is 5.73 Å². The number of rotatable bonds is 4. The molecule has 11 heavy (non-hydrogen) atoms. The van der Waals surface area contributed by atoms with Crippen LogP contribution in [0.2, 0.25) is 0 Å². The van der Waals surface area contributed by atoms with Crippen molar-refractivity contribution in [3.63, 3.8) is 0 Å². The van der Waals surface area contributed by atoms with Crippen LogP contribution in [0.4, 0.5) is 0 Å². The molecule has 0 bridgehead atoms. The zero-order valence-corrected chi connectivity index (χ0v) is 7.38. The molecule has 0 heterocycles. The summed E-state index contributed by atoms with van der Waals surface area (Å²) in [6.45, 7) is 7.81. The zero-order valence-electron chi connectivity index (χ0n) is 7.38. The Hall–Kier alpha value is -0.980. The van der Waals surface area contributed by atoms with Crippen molar-refractivity contribution in [1.82, 2.24) is 0 Å². The Labute approximate surface area is 69.3 Å². The lowest BCUT2D eigenvalue weighted by Gasteiger charge is -2.06. The van der Waals surface area contributed by atoms with Crippen LogP contribution in [0.1, 0.15) is 20.3 Å². The third-order valence-electron chi connectivity index (χ3n) is 1.72. The zero-order chi connectivity index (χ0) is 8.69. The second-order valence-electron chi connectivity index (χ2n) is 2.60. The van der Waals surface area contributed by atoms with E-state index in [0.717, 1.165) is 12.1 Å². The van der Waals surface area contributed by atoms with Crippen LogP contribution in [0.3, 0.4) is 0 Å². The topological polar surface area (TPSA) is 26.0 Å². The van der Waals surface area contributed by atoms with E-state index in [1.165, 1.54) is 0 Å². The van der Waals surface area contributed by atoms with E-state index in [1.54, 1.807) is 6.08 Å². The maximum absolute atomic E-state index is 5.74. The molecule has 0 amide bonds. The molecule has 0 spiro atoms. The van der Waals surface area contributed by atoms with Gasteiger partial charge in [0, 0.05) is 5.70 Å². The average molecular weight is 151 g/mol. The Kier molecular flexibility index (Phi) is 5.26. The molecule has 0 aliphatic heterocycles. The molecular weight excluding hydrogens is 134 g/mol. The normalized spacial score (nSPS) is 15.3. The fraction of sp³-hybridized carbons (Fsp3) is 0.400. The molecule has 0 fully saturated rings. The van der Waals surface area contributed by atoms with Crippen LogP contribution in [0, 0.1) is 5.92 Å². The molecule has 0 rings (SSSR count). The third kappa shape index (κ3) is 4.43. The van der Waals surface area contributed by atoms with Crippen molar-refractivity contribution in [3.05, 3.63) is 36.6 Å². The molecular formula is C10H17N. The maximum atomic E-state index is 5.74. The molecule has 0 aliphatic rings. The number of hydrogen-bond donors (Lipinski definition) is 1. The van der Waals surface area contributed by atoms with Crippen LogP contribution in [0.5, 0.6) is 0 Å². The minimum atomic E-state index is 0.476. The van der Waals surface area contributed by atoms with E-state index < -0.39 is 0 Å². The van der Waals surface area contributed by atoms with Crippen molar-refractivity contribution >= 4 is 0 Å². The van der Waals surface area contributed by atoms with Gasteiger partial charge in [-0.1, -0.05) is 38.7 Å². The van der Waals surface area contributed by atoms with Gasteiger partial charge >= 0.3 is 0 Å². The first kappa shape index (κ1) is 10.0. The van der Waals surface area contributed by atoms with Gasteiger partial charge in [0.05, 0.1) is 0 Å². The summed E-state index contributed by atoms with van der Waals surface area (Å²) in [5, 5.41) is 0. The molecule has 1 heteroatoms. The first-order chi connectivity index (χ1) is 5.22. The molecule has 0 aliphatic carbocycles. The van der Waals surface area contributed by atoms with Crippen molar-refractivity contribution < 1.29 is 0 Å². The molecule has 2 N–H and O–H groups in total. The number of nitrogens with two attached hydrogens (primary N) is 1. The molecule has 0 saturated carbocycles. The molecule has 0 aromatic heterocycles. The lowest BCUT2D eigenvalue weighted by Crippen LogP contribution is -2.06. The predicted molar refractivity (Wildman–Crippen MR) is 51.1 cm³/mol. The summed E-state index contributed by atoms with van der Waals surface area (Å²) in [7, 11) is 0. The highest BCUT2D eigenvalue weighted by molar-refractivity contribution is 5.14. The van der Waals surface area contributed by atoms with E-state index >= 15 is 0 Å². The second kappa shape index (κ2) is 5.78. The van der Waals surface area contributed by atoms with Crippen LogP contribution in [-0.2, 0) is 0 Å². The van der Waals surface area contributed by atoms with Gasteiger partial charge in [-0.25, -0.2) is 0 Å². The highest BCUT2D eigenvalue weighted by atomic mass is 14.6. The summed E-state index contributed by atoms with van der Waals surface area (Å²) in [6, 6.07) is 0. The first-order valence-electron chi connectivity index (χ1n) is 3.97. The summed E-state index contributed by atoms with van der Waals surface area (Å²) >= 11 is 0. The van der Waals surface area contributed by atoms with Gasteiger partial charge < -0.3 is 5.73 Å². The molecule has 1 unspecified atom stereocenters. The van der Waals surface area contributed by atoms with Gasteiger partial charge in [0.2, 0.25) is 0 Å². The van der Waals surface area contributed by atoms with Crippen molar-refractivity contribution in [2.45, 2.75) is 20.3 Å². The van der Waals surface area contributed by atoms with E-state index in [-0.39, 0.29) is 0 Å². The summed E-state index contributed by atoms with van der Waals surface area (Å²) in [5.41, 5.74) is 6.68. The van der Waals surface area contributed by atoms with E-state index in [0.29, 0.717) is 5.92 Å². The predicted octanol–water partition coefficient (Wildman–Crippen LogP) is 2.62. The molecule has 1 atom stereocenters. The third-order valence-corrected chi connectivity index (χ3v) is 1.72. The first-order valence-corrected chi connectivity index (χ1v) is 3.97. The molecule has 0 radical (unpaired) electrons. The standard InChI is InChI=1S/C10H17N/c1-4-6-7-8-10(11)9(3)5-2/h4,6-9H,1,5,11H2,2-3H3/b7-6-,10-8+. The smallest absolute Gasteiger partial charge is 0.0109 e. The molecule has 62 valence electrons. The Morgan fingerprint density at radius 1 is 1.55 bits per heavy atom. The van der Waals surface area contributed by atoms with Crippen LogP contribution in [0.25, 0.3) is 0 Å². The SMILES string of the molecule is C=C/C=C\C=C(\N)C(C)CC.